The van der Waals surface area contributed by atoms with Gasteiger partial charge in [-0.2, -0.15) is 8.78 Å². The smallest absolute Gasteiger partial charge is 0.387 e. The fourth-order valence-corrected chi connectivity index (χ4v) is 5.09. The number of carbonyl (C=O) groups is 2. The van der Waals surface area contributed by atoms with Crippen molar-refractivity contribution in [3.05, 3.63) is 58.9 Å². The normalized spacial score (nSPS) is 21.6. The Labute approximate surface area is 210 Å². The van der Waals surface area contributed by atoms with Crippen LogP contribution in [0.4, 0.5) is 8.78 Å². The largest absolute Gasteiger partial charge is 0.434 e. The Morgan fingerprint density at radius 3 is 2.94 bits per heavy atom. The lowest BCUT2D eigenvalue weighted by atomic mass is 9.97. The minimum atomic E-state index is -3.12. The Kier molecular flexibility index (Phi) is 4.62. The predicted molar refractivity (Wildman–Crippen MR) is 128 cm³/mol. The van der Waals surface area contributed by atoms with Crippen molar-refractivity contribution in [1.29, 1.82) is 0 Å². The minimum Gasteiger partial charge on any atom is -0.434 e. The highest BCUT2D eigenvalue weighted by molar-refractivity contribution is 5.97. The van der Waals surface area contributed by atoms with E-state index in [9.17, 15) is 18.4 Å². The number of nitrogens with one attached hydrogen (secondary N) is 1. The summed E-state index contributed by atoms with van der Waals surface area (Å²) in [6, 6.07) is 8.01. The first-order chi connectivity index (χ1) is 18.6. The number of amides is 2. The third-order valence-electron chi connectivity index (χ3n) is 6.88. The number of ether oxygens (including phenoxy) is 1. The predicted octanol–water partition coefficient (Wildman–Crippen LogP) is 4.03. The van der Waals surface area contributed by atoms with Gasteiger partial charge in [-0.25, -0.2) is 4.98 Å². The van der Waals surface area contributed by atoms with Crippen LogP contribution in [0.1, 0.15) is 69.2 Å². The molecule has 0 radical (unpaired) electrons. The molecule has 184 valence electrons. The number of hydrogen-bond acceptors (Lipinski definition) is 4. The maximum Gasteiger partial charge on any atom is 0.387 e. The molecule has 7 nitrogen and oxygen atoms in total. The molecular formula is C27H24F2N4O3. The van der Waals surface area contributed by atoms with Crippen molar-refractivity contribution in [3.63, 3.8) is 0 Å². The Bertz CT molecular complexity index is 1560. The first-order valence-corrected chi connectivity index (χ1v) is 11.8. The number of carbonyl (C=O) groups excluding carboxylic acids is 2. The van der Waals surface area contributed by atoms with Gasteiger partial charge in [-0.1, -0.05) is 17.9 Å². The molecule has 1 saturated carbocycles. The maximum absolute atomic E-state index is 13.5. The first-order valence-electron chi connectivity index (χ1n) is 13.3. The monoisotopic (exact) mass is 493 g/mol. The van der Waals surface area contributed by atoms with Crippen molar-refractivity contribution in [2.45, 2.75) is 44.4 Å². The third kappa shape index (κ3) is 3.77. The summed E-state index contributed by atoms with van der Waals surface area (Å²) in [5, 5.41) is 2.87. The molecule has 0 spiro atoms. The van der Waals surface area contributed by atoms with Crippen LogP contribution in [0.15, 0.2) is 36.4 Å². The van der Waals surface area contributed by atoms with E-state index in [1.165, 1.54) is 18.2 Å². The van der Waals surface area contributed by atoms with E-state index >= 15 is 0 Å². The van der Waals surface area contributed by atoms with Crippen molar-refractivity contribution in [1.82, 2.24) is 19.8 Å². The molecule has 3 aromatic rings. The summed E-state index contributed by atoms with van der Waals surface area (Å²) in [6.07, 6.45) is 2.50. The number of benzene rings is 2. The first kappa shape index (κ1) is 19.3. The Morgan fingerprint density at radius 1 is 1.31 bits per heavy atom. The molecule has 36 heavy (non-hydrogen) atoms. The molecule has 3 aliphatic rings. The van der Waals surface area contributed by atoms with Gasteiger partial charge >= 0.3 is 6.61 Å². The van der Waals surface area contributed by atoms with E-state index in [1.807, 2.05) is 10.6 Å². The van der Waals surface area contributed by atoms with Crippen molar-refractivity contribution in [2.24, 2.45) is 5.92 Å². The second-order valence-electron chi connectivity index (χ2n) is 9.20. The molecule has 2 aliphatic heterocycles. The molecule has 1 N–H and O–H groups in total. The highest BCUT2D eigenvalue weighted by Gasteiger charge is 2.45. The fourth-order valence-electron chi connectivity index (χ4n) is 5.09. The molecule has 2 atom stereocenters. The van der Waals surface area contributed by atoms with E-state index in [1.54, 1.807) is 12.1 Å². The van der Waals surface area contributed by atoms with Crippen LogP contribution in [-0.2, 0) is 4.79 Å². The van der Waals surface area contributed by atoms with Crippen LogP contribution in [0.5, 0.6) is 5.75 Å². The number of nitrogens with zero attached hydrogens (tertiary/aromatic N) is 3. The molecule has 9 heteroatoms. The zero-order valence-corrected chi connectivity index (χ0v) is 19.1. The summed E-state index contributed by atoms with van der Waals surface area (Å²) in [5.41, 5.74) is 2.10. The van der Waals surface area contributed by atoms with E-state index in [2.05, 4.69) is 22.1 Å². The lowest BCUT2D eigenvalue weighted by Crippen LogP contribution is -2.30. The second-order valence-corrected chi connectivity index (χ2v) is 9.20. The van der Waals surface area contributed by atoms with Crippen molar-refractivity contribution >= 4 is 22.8 Å². The highest BCUT2D eigenvalue weighted by atomic mass is 19.3. The molecule has 2 amide bonds. The molecule has 6 rings (SSSR count). The van der Waals surface area contributed by atoms with Gasteiger partial charge in [-0.3, -0.25) is 9.59 Å². The van der Waals surface area contributed by atoms with Gasteiger partial charge in [0, 0.05) is 53.1 Å². The van der Waals surface area contributed by atoms with Crippen molar-refractivity contribution in [3.8, 4) is 17.6 Å². The second kappa shape index (κ2) is 8.63. The van der Waals surface area contributed by atoms with Gasteiger partial charge in [0.15, 0.2) is 0 Å². The van der Waals surface area contributed by atoms with Crippen LogP contribution >= 0.6 is 0 Å². The van der Waals surface area contributed by atoms with E-state index < -0.39 is 31.6 Å². The lowest BCUT2D eigenvalue weighted by Gasteiger charge is -2.24. The average molecular weight is 494 g/mol. The molecular weight excluding hydrogens is 466 g/mol. The molecule has 3 heterocycles. The number of aromatic nitrogens is 2. The quantitative estimate of drug-likeness (QED) is 0.430. The summed E-state index contributed by atoms with van der Waals surface area (Å²) < 4.78 is 57.6. The van der Waals surface area contributed by atoms with Crippen LogP contribution < -0.4 is 10.1 Å². The molecule has 1 aliphatic carbocycles. The van der Waals surface area contributed by atoms with Gasteiger partial charge in [0.1, 0.15) is 11.6 Å². The zero-order valence-electron chi connectivity index (χ0n) is 22.1. The van der Waals surface area contributed by atoms with Crippen molar-refractivity contribution in [2.75, 3.05) is 13.5 Å². The van der Waals surface area contributed by atoms with Gasteiger partial charge in [-0.15, -0.1) is 0 Å². The summed E-state index contributed by atoms with van der Waals surface area (Å²) >= 11 is 0. The number of hydrogen-bond donors (Lipinski definition) is 1. The van der Waals surface area contributed by atoms with Crippen LogP contribution in [0.3, 0.4) is 0 Å². The van der Waals surface area contributed by atoms with E-state index in [-0.39, 0.29) is 35.1 Å². The SMILES string of the molecule is [2H]C([2H])([2H])N1C(=O)c2cccc(OC(F)F)c2[C@H]2C[C@@H]1c1nc3ccc(C#CCCNC(=O)C4CC4)cc3n12. The highest BCUT2D eigenvalue weighted by Crippen LogP contribution is 2.49. The molecule has 2 aromatic carbocycles. The Balaban J connectivity index is 1.41. The lowest BCUT2D eigenvalue weighted by molar-refractivity contribution is -0.122. The van der Waals surface area contributed by atoms with Crippen LogP contribution in [0.2, 0.25) is 0 Å². The number of imidazole rings is 1. The third-order valence-corrected chi connectivity index (χ3v) is 6.88. The number of alkyl halides is 2. The number of rotatable bonds is 5. The van der Waals surface area contributed by atoms with Crippen molar-refractivity contribution < 1.29 is 27.2 Å². The summed E-state index contributed by atoms with van der Waals surface area (Å²) in [5.74, 6) is 5.75. The molecule has 0 unspecified atom stereocenters. The van der Waals surface area contributed by atoms with Gasteiger partial charge in [0.05, 0.1) is 23.1 Å². The molecule has 1 aromatic heterocycles. The van der Waals surface area contributed by atoms with Gasteiger partial charge in [-0.05, 0) is 43.2 Å². The minimum absolute atomic E-state index is 0.00784. The van der Waals surface area contributed by atoms with E-state index in [4.69, 9.17) is 8.85 Å². The summed E-state index contributed by atoms with van der Waals surface area (Å²) in [4.78, 5) is 30.7. The van der Waals surface area contributed by atoms with E-state index in [0.717, 1.165) is 17.7 Å². The number of halogens is 2. The number of fused-ring (bicyclic) bond motifs is 9. The van der Waals surface area contributed by atoms with Crippen LogP contribution in [-0.4, -0.2) is 46.4 Å². The Hall–Kier alpha value is -3.93. The molecule has 1 fully saturated rings. The average Bonchev–Trinajstić information content (AvgIpc) is 3.60. The fraction of sp³-hybridized carbons (Fsp3) is 0.370. The van der Waals surface area contributed by atoms with Crippen LogP contribution in [0.25, 0.3) is 11.0 Å². The van der Waals surface area contributed by atoms with E-state index in [0.29, 0.717) is 35.4 Å². The van der Waals surface area contributed by atoms with Crippen LogP contribution in [0, 0.1) is 17.8 Å². The Morgan fingerprint density at radius 2 is 2.17 bits per heavy atom. The summed E-state index contributed by atoms with van der Waals surface area (Å²) in [7, 11) is 0. The van der Waals surface area contributed by atoms with Gasteiger partial charge in [0.2, 0.25) is 5.91 Å². The summed E-state index contributed by atoms with van der Waals surface area (Å²) in [6.45, 7) is -5.45. The van der Waals surface area contributed by atoms with Gasteiger partial charge in [0.25, 0.3) is 5.91 Å². The molecule has 2 bridgehead atoms. The zero-order chi connectivity index (χ0) is 27.5. The van der Waals surface area contributed by atoms with Gasteiger partial charge < -0.3 is 19.5 Å². The maximum atomic E-state index is 13.5. The standard InChI is InChI=1S/C27H24F2N4O3/c1-32-21-14-20(23-17(26(32)35)6-4-7-22(23)36-27(28)29)33-19-13-15(8-11-18(19)31-24(21)33)5-2-3-12-30-25(34)16-9-10-16/h4,6-8,11,13,16,20-21,27H,3,9-10,12,14H2,1H3,(H,30,34)/t20-,21-/m1/s1/i1D3. The topological polar surface area (TPSA) is 76.5 Å². The molecule has 0 saturated heterocycles.